The third-order valence-electron chi connectivity index (χ3n) is 6.64. The average Bonchev–Trinajstić information content (AvgIpc) is 3.18. The molecule has 0 bridgehead atoms. The van der Waals surface area contributed by atoms with Crippen LogP contribution in [-0.4, -0.2) is 83.9 Å². The van der Waals surface area contributed by atoms with Crippen molar-refractivity contribution in [3.8, 4) is 0 Å². The normalized spacial score (nSPS) is 18.8. The van der Waals surface area contributed by atoms with Crippen LogP contribution in [0.15, 0.2) is 17.1 Å². The van der Waals surface area contributed by atoms with E-state index in [2.05, 4.69) is 24.1 Å². The fourth-order valence-electron chi connectivity index (χ4n) is 4.79. The Morgan fingerprint density at radius 3 is 2.14 bits per heavy atom. The number of ketones is 1. The Labute approximate surface area is 241 Å². The van der Waals surface area contributed by atoms with Crippen LogP contribution in [0, 0.1) is 0 Å². The Morgan fingerprint density at radius 2 is 1.58 bits per heavy atom. The molecule has 0 radical (unpaired) electrons. The van der Waals surface area contributed by atoms with E-state index < -0.39 is 22.0 Å². The molecule has 1 aliphatic heterocycles. The Hall–Kier alpha value is -0.130. The van der Waals surface area contributed by atoms with Gasteiger partial charge in [0.25, 0.3) is 5.84 Å². The first-order valence-corrected chi connectivity index (χ1v) is 15.1. The number of nitrogens with zero attached hydrogens (tertiary/aromatic N) is 2. The summed E-state index contributed by atoms with van der Waals surface area (Å²) in [5.74, 6) is -0.730. The third kappa shape index (κ3) is 16.0. The van der Waals surface area contributed by atoms with Crippen LogP contribution in [0.5, 0.6) is 0 Å². The number of aliphatic imine (C=N–C) groups is 1. The van der Waals surface area contributed by atoms with Crippen molar-refractivity contribution in [2.75, 3.05) is 38.5 Å². The van der Waals surface area contributed by atoms with E-state index in [0.29, 0.717) is 25.3 Å². The molecule has 0 fully saturated rings. The minimum atomic E-state index is -4.58. The van der Waals surface area contributed by atoms with Crippen LogP contribution in [-0.2, 0) is 14.9 Å². The molecule has 2 atom stereocenters. The fourth-order valence-corrected chi connectivity index (χ4v) is 5.37. The van der Waals surface area contributed by atoms with Crippen LogP contribution in [0.2, 0.25) is 0 Å². The molecule has 8 nitrogen and oxygen atoms in total. The SMILES string of the molecule is CCCCC/C=C/CCCCCCCCCCC(=O)C1=NCC[N+]1(CCO)CC(O)CS(=O)(=O)[O-].[Na+]. The molecule has 0 aliphatic carbocycles. The number of carbonyl (C=O) groups is 1. The molecular weight excluding hydrogens is 491 g/mol. The maximum Gasteiger partial charge on any atom is 1.00 e. The topological polar surface area (TPSA) is 127 Å². The summed E-state index contributed by atoms with van der Waals surface area (Å²) >= 11 is 0. The molecule has 204 valence electrons. The van der Waals surface area contributed by atoms with E-state index in [4.69, 9.17) is 0 Å². The van der Waals surface area contributed by atoms with Crippen LogP contribution >= 0.6 is 0 Å². The van der Waals surface area contributed by atoms with Gasteiger partial charge in [-0.05, 0) is 32.1 Å². The number of unbranched alkanes of at least 4 members (excludes halogenated alkanes) is 11. The van der Waals surface area contributed by atoms with Gasteiger partial charge >= 0.3 is 29.6 Å². The van der Waals surface area contributed by atoms with Gasteiger partial charge in [-0.25, -0.2) is 13.4 Å². The Balaban J connectivity index is 0.0000122. The summed E-state index contributed by atoms with van der Waals surface area (Å²) in [6, 6.07) is 0. The summed E-state index contributed by atoms with van der Waals surface area (Å²) in [6.07, 6.45) is 18.9. The number of Topliss-reactive ketones (excluding diaryl/α,β-unsaturated/α-hetero) is 1. The summed E-state index contributed by atoms with van der Waals surface area (Å²) < 4.78 is 32.9. The van der Waals surface area contributed by atoms with Crippen molar-refractivity contribution in [2.45, 2.75) is 103 Å². The van der Waals surface area contributed by atoms with Crippen molar-refractivity contribution >= 4 is 21.7 Å². The quantitative estimate of drug-likeness (QED) is 0.0686. The van der Waals surface area contributed by atoms with Gasteiger partial charge in [0.2, 0.25) is 5.78 Å². The zero-order chi connectivity index (χ0) is 26.0. The Morgan fingerprint density at radius 1 is 1.03 bits per heavy atom. The standard InChI is InChI=1S/C26H48N2O6S.Na/c1-2-3-4-5-6-7-8-9-10-11-12-13-14-15-16-17-25(31)26-27-18-19-28(26,20-21-29)22-24(30)23-35(32,33)34;/h6-7,24,29-30H,2-5,8-23H2,1H3;/q;+1/b7-6+;. The number of aliphatic hydroxyl groups is 2. The van der Waals surface area contributed by atoms with E-state index in [0.717, 1.165) is 19.3 Å². The number of hydrogen-bond acceptors (Lipinski definition) is 7. The second kappa shape index (κ2) is 20.8. The van der Waals surface area contributed by atoms with Gasteiger partial charge in [0.05, 0.1) is 29.0 Å². The van der Waals surface area contributed by atoms with Crippen molar-refractivity contribution in [3.63, 3.8) is 0 Å². The van der Waals surface area contributed by atoms with Crippen LogP contribution < -0.4 is 29.6 Å². The molecule has 1 aliphatic rings. The Kier molecular flexibility index (Phi) is 20.7. The first-order chi connectivity index (χ1) is 16.7. The second-order valence-electron chi connectivity index (χ2n) is 9.84. The number of carbonyl (C=O) groups excluding carboxylic acids is 1. The van der Waals surface area contributed by atoms with Crippen molar-refractivity contribution in [1.82, 2.24) is 0 Å². The maximum atomic E-state index is 12.8. The van der Waals surface area contributed by atoms with E-state index in [9.17, 15) is 28.0 Å². The molecule has 0 aromatic carbocycles. The predicted octanol–water partition coefficient (Wildman–Crippen LogP) is 0.724. The zero-order valence-corrected chi connectivity index (χ0v) is 25.5. The number of hydrogen-bond donors (Lipinski definition) is 2. The van der Waals surface area contributed by atoms with Gasteiger partial charge in [0, 0.05) is 6.42 Å². The number of allylic oxidation sites excluding steroid dienone is 2. The zero-order valence-electron chi connectivity index (χ0n) is 22.7. The smallest absolute Gasteiger partial charge is 0.748 e. The molecule has 2 unspecified atom stereocenters. The Bertz CT molecular complexity index is 760. The summed E-state index contributed by atoms with van der Waals surface area (Å²) in [7, 11) is -4.58. The summed E-state index contributed by atoms with van der Waals surface area (Å²) in [6.45, 7) is 2.85. The number of rotatable bonds is 22. The third-order valence-corrected chi connectivity index (χ3v) is 7.43. The molecule has 1 heterocycles. The van der Waals surface area contributed by atoms with Gasteiger partial charge < -0.3 is 14.8 Å². The van der Waals surface area contributed by atoms with E-state index in [1.54, 1.807) is 0 Å². The first-order valence-electron chi connectivity index (χ1n) is 13.6. The van der Waals surface area contributed by atoms with Crippen molar-refractivity contribution < 1.29 is 62.0 Å². The summed E-state index contributed by atoms with van der Waals surface area (Å²) in [4.78, 5) is 17.2. The molecule has 2 N–H and O–H groups in total. The van der Waals surface area contributed by atoms with Gasteiger partial charge in [-0.2, -0.15) is 0 Å². The molecule has 0 aromatic heterocycles. The molecule has 36 heavy (non-hydrogen) atoms. The van der Waals surface area contributed by atoms with E-state index in [1.165, 1.54) is 64.2 Å². The van der Waals surface area contributed by atoms with Crippen molar-refractivity contribution in [2.24, 2.45) is 4.99 Å². The van der Waals surface area contributed by atoms with Crippen molar-refractivity contribution in [1.29, 1.82) is 0 Å². The minimum Gasteiger partial charge on any atom is -0.748 e. The minimum absolute atomic E-state index is 0. The summed E-state index contributed by atoms with van der Waals surface area (Å²) in [5.41, 5.74) is 0. The van der Waals surface area contributed by atoms with Crippen LogP contribution in [0.4, 0.5) is 0 Å². The van der Waals surface area contributed by atoms with Gasteiger partial charge in [-0.1, -0.05) is 70.4 Å². The van der Waals surface area contributed by atoms with Gasteiger partial charge in [-0.3, -0.25) is 9.28 Å². The van der Waals surface area contributed by atoms with Crippen LogP contribution in [0.25, 0.3) is 0 Å². The number of aliphatic hydroxyl groups excluding tert-OH is 2. The first kappa shape index (κ1) is 35.9. The second-order valence-corrected chi connectivity index (χ2v) is 11.3. The van der Waals surface area contributed by atoms with E-state index in [-0.39, 0.29) is 59.5 Å². The average molecular weight is 540 g/mol. The monoisotopic (exact) mass is 539 g/mol. The van der Waals surface area contributed by atoms with Crippen molar-refractivity contribution in [3.05, 3.63) is 12.2 Å². The van der Waals surface area contributed by atoms with E-state index in [1.807, 2.05) is 0 Å². The fraction of sp³-hybridized carbons (Fsp3) is 0.846. The maximum absolute atomic E-state index is 12.8. The molecule has 10 heteroatoms. The van der Waals surface area contributed by atoms with Crippen LogP contribution in [0.3, 0.4) is 0 Å². The molecule has 0 saturated heterocycles. The number of quaternary nitrogens is 1. The molecule has 0 saturated carbocycles. The van der Waals surface area contributed by atoms with Gasteiger partial charge in [-0.15, -0.1) is 0 Å². The molecule has 1 rings (SSSR count). The van der Waals surface area contributed by atoms with Gasteiger partial charge in [0.1, 0.15) is 25.7 Å². The number of amidine groups is 1. The largest absolute Gasteiger partial charge is 1.00 e. The molecule has 0 spiro atoms. The summed E-state index contributed by atoms with van der Waals surface area (Å²) in [5, 5.41) is 19.6. The van der Waals surface area contributed by atoms with Gasteiger partial charge in [0.15, 0.2) is 0 Å². The van der Waals surface area contributed by atoms with Crippen LogP contribution in [0.1, 0.15) is 96.8 Å². The molecule has 0 amide bonds. The van der Waals surface area contributed by atoms with E-state index >= 15 is 0 Å². The predicted molar refractivity (Wildman–Crippen MR) is 139 cm³/mol. The molecule has 0 aromatic rings. The molecular formula is C26H48N2NaO6S+.